The Morgan fingerprint density at radius 1 is 1.15 bits per heavy atom. The molecule has 1 fully saturated rings. The molecule has 1 aliphatic rings. The van der Waals surface area contributed by atoms with Crippen LogP contribution in [0.3, 0.4) is 0 Å². The van der Waals surface area contributed by atoms with Crippen LogP contribution in [0.1, 0.15) is 32.1 Å². The van der Waals surface area contributed by atoms with Gasteiger partial charge in [0.15, 0.2) is 0 Å². The van der Waals surface area contributed by atoms with Gasteiger partial charge in [0.25, 0.3) is 0 Å². The number of carbonyl (C=O) groups excluding carboxylic acids is 1. The number of amides is 1. The lowest BCUT2D eigenvalue weighted by Gasteiger charge is -2.28. The van der Waals surface area contributed by atoms with Crippen LogP contribution >= 0.6 is 11.6 Å². The van der Waals surface area contributed by atoms with Gasteiger partial charge in [0.1, 0.15) is 5.75 Å². The largest absolute Gasteiger partial charge is 0.414 e. The third-order valence-corrected chi connectivity index (χ3v) is 5.23. The van der Waals surface area contributed by atoms with E-state index >= 15 is 0 Å². The highest BCUT2D eigenvalue weighted by Gasteiger charge is 2.21. The lowest BCUT2D eigenvalue weighted by molar-refractivity contribution is 0.157. The molecule has 0 aliphatic heterocycles. The quantitative estimate of drug-likeness (QED) is 0.620. The monoisotopic (exact) mass is 378 g/mol. The molecule has 2 rings (SSSR count). The lowest BCUT2D eigenvalue weighted by Crippen LogP contribution is -2.32. The van der Waals surface area contributed by atoms with Gasteiger partial charge in [0, 0.05) is 25.2 Å². The number of benzene rings is 1. The minimum absolute atomic E-state index is 0.312. The van der Waals surface area contributed by atoms with Crippen molar-refractivity contribution in [3.63, 3.8) is 0 Å². The van der Waals surface area contributed by atoms with Gasteiger partial charge < -0.3 is 14.5 Å². The fourth-order valence-electron chi connectivity index (χ4n) is 3.28. The standard InChI is InChI=1S/C21H31ClN2O2/c1-23(2)15-4-5-17-6-8-18(9-7-17)14-16-24(3)21(25)26-20-12-10-19(22)11-13-20/h4-5,10-13,17-18H,6-9,14-16H2,1-3H3/b5-4+. The second kappa shape index (κ2) is 10.6. The van der Waals surface area contributed by atoms with Gasteiger partial charge in [-0.15, -0.1) is 0 Å². The number of allylic oxidation sites excluding steroid dienone is 1. The Kier molecular flexibility index (Phi) is 8.46. The van der Waals surface area contributed by atoms with Crippen molar-refractivity contribution in [3.05, 3.63) is 41.4 Å². The van der Waals surface area contributed by atoms with E-state index in [2.05, 4.69) is 31.1 Å². The van der Waals surface area contributed by atoms with Crippen molar-refractivity contribution < 1.29 is 9.53 Å². The van der Waals surface area contributed by atoms with Crippen LogP contribution in [-0.2, 0) is 0 Å². The van der Waals surface area contributed by atoms with Crippen LogP contribution in [0.5, 0.6) is 5.75 Å². The van der Waals surface area contributed by atoms with Crippen LogP contribution in [0.15, 0.2) is 36.4 Å². The molecule has 144 valence electrons. The molecule has 1 saturated carbocycles. The summed E-state index contributed by atoms with van der Waals surface area (Å²) in [4.78, 5) is 16.0. The fourth-order valence-corrected chi connectivity index (χ4v) is 3.41. The summed E-state index contributed by atoms with van der Waals surface area (Å²) in [7, 11) is 5.99. The van der Waals surface area contributed by atoms with Gasteiger partial charge >= 0.3 is 6.09 Å². The second-order valence-corrected chi connectivity index (χ2v) is 7.94. The molecule has 0 unspecified atom stereocenters. The number of halogens is 1. The van der Waals surface area contributed by atoms with E-state index < -0.39 is 0 Å². The van der Waals surface area contributed by atoms with Crippen LogP contribution in [0.2, 0.25) is 5.02 Å². The highest BCUT2D eigenvalue weighted by Crippen LogP contribution is 2.31. The first-order valence-electron chi connectivity index (χ1n) is 9.44. The average Bonchev–Trinajstić information content (AvgIpc) is 2.62. The Balaban J connectivity index is 1.66. The number of hydrogen-bond donors (Lipinski definition) is 0. The Bertz CT molecular complexity index is 578. The minimum Gasteiger partial charge on any atom is -0.410 e. The molecule has 0 N–H and O–H groups in total. The van der Waals surface area contributed by atoms with E-state index in [0.29, 0.717) is 16.7 Å². The number of rotatable bonds is 7. The first-order valence-corrected chi connectivity index (χ1v) is 9.81. The Hall–Kier alpha value is -1.52. The maximum atomic E-state index is 12.2. The van der Waals surface area contributed by atoms with Gasteiger partial charge in [-0.1, -0.05) is 23.8 Å². The zero-order valence-electron chi connectivity index (χ0n) is 16.2. The molecule has 1 aromatic rings. The first kappa shape index (κ1) is 20.8. The van der Waals surface area contributed by atoms with Gasteiger partial charge in [0.05, 0.1) is 0 Å². The van der Waals surface area contributed by atoms with E-state index in [1.807, 2.05) is 0 Å². The summed E-state index contributed by atoms with van der Waals surface area (Å²) >= 11 is 5.84. The summed E-state index contributed by atoms with van der Waals surface area (Å²) in [5.41, 5.74) is 0. The summed E-state index contributed by atoms with van der Waals surface area (Å²) < 4.78 is 5.37. The Morgan fingerprint density at radius 2 is 1.81 bits per heavy atom. The molecular weight excluding hydrogens is 348 g/mol. The van der Waals surface area contributed by atoms with Crippen molar-refractivity contribution in [1.29, 1.82) is 0 Å². The molecule has 0 saturated heterocycles. The molecular formula is C21H31ClN2O2. The number of nitrogens with zero attached hydrogens (tertiary/aromatic N) is 2. The smallest absolute Gasteiger partial charge is 0.410 e. The SMILES string of the molecule is CN(C)C/C=C/C1CCC(CCN(C)C(=O)Oc2ccc(Cl)cc2)CC1. The van der Waals surface area contributed by atoms with Crippen molar-refractivity contribution in [2.24, 2.45) is 11.8 Å². The predicted molar refractivity (Wildman–Crippen MR) is 108 cm³/mol. The van der Waals surface area contributed by atoms with Crippen LogP contribution in [0.4, 0.5) is 4.79 Å². The highest BCUT2D eigenvalue weighted by atomic mass is 35.5. The van der Waals surface area contributed by atoms with Crippen molar-refractivity contribution in [2.45, 2.75) is 32.1 Å². The van der Waals surface area contributed by atoms with Crippen LogP contribution in [0, 0.1) is 11.8 Å². The molecule has 0 aromatic heterocycles. The minimum atomic E-state index is -0.312. The summed E-state index contributed by atoms with van der Waals surface area (Å²) in [6.07, 6.45) is 10.4. The van der Waals surface area contributed by atoms with Crippen molar-refractivity contribution in [3.8, 4) is 5.75 Å². The van der Waals surface area contributed by atoms with Crippen molar-refractivity contribution in [1.82, 2.24) is 9.80 Å². The zero-order valence-corrected chi connectivity index (χ0v) is 16.9. The summed E-state index contributed by atoms with van der Waals surface area (Å²) in [5.74, 6) is 1.95. The van der Waals surface area contributed by atoms with Gasteiger partial charge in [-0.25, -0.2) is 4.79 Å². The topological polar surface area (TPSA) is 32.8 Å². The van der Waals surface area contributed by atoms with Gasteiger partial charge in [0.2, 0.25) is 0 Å². The first-order chi connectivity index (χ1) is 12.4. The van der Waals surface area contributed by atoms with Crippen molar-refractivity contribution >= 4 is 17.7 Å². The van der Waals surface area contributed by atoms with Crippen molar-refractivity contribution in [2.75, 3.05) is 34.2 Å². The van der Waals surface area contributed by atoms with Gasteiger partial charge in [-0.05, 0) is 82.3 Å². The zero-order chi connectivity index (χ0) is 18.9. The van der Waals surface area contributed by atoms with Gasteiger partial charge in [-0.2, -0.15) is 0 Å². The van der Waals surface area contributed by atoms with Crippen LogP contribution < -0.4 is 4.74 Å². The van der Waals surface area contributed by atoms with Gasteiger partial charge in [-0.3, -0.25) is 0 Å². The highest BCUT2D eigenvalue weighted by molar-refractivity contribution is 6.30. The molecule has 0 spiro atoms. The predicted octanol–water partition coefficient (Wildman–Crippen LogP) is 5.08. The van der Waals surface area contributed by atoms with E-state index in [1.54, 1.807) is 36.2 Å². The number of hydrogen-bond acceptors (Lipinski definition) is 3. The molecule has 0 radical (unpaired) electrons. The molecule has 1 amide bonds. The maximum absolute atomic E-state index is 12.2. The lowest BCUT2D eigenvalue weighted by atomic mass is 9.80. The summed E-state index contributed by atoms with van der Waals surface area (Å²) in [5, 5.41) is 0.630. The number of carbonyl (C=O) groups is 1. The third-order valence-electron chi connectivity index (χ3n) is 4.97. The van der Waals surface area contributed by atoms with E-state index in [4.69, 9.17) is 16.3 Å². The summed E-state index contributed by atoms with van der Waals surface area (Å²) in [6.45, 7) is 1.75. The van der Waals surface area contributed by atoms with E-state index in [9.17, 15) is 4.79 Å². The van der Waals surface area contributed by atoms with E-state index in [-0.39, 0.29) is 6.09 Å². The molecule has 0 heterocycles. The molecule has 1 aromatic carbocycles. The van der Waals surface area contributed by atoms with E-state index in [1.165, 1.54) is 25.7 Å². The second-order valence-electron chi connectivity index (χ2n) is 7.50. The fraction of sp³-hybridized carbons (Fsp3) is 0.571. The van der Waals surface area contributed by atoms with Crippen LogP contribution in [0.25, 0.3) is 0 Å². The number of likely N-dealkylation sites (N-methyl/N-ethyl adjacent to an activating group) is 1. The average molecular weight is 379 g/mol. The Morgan fingerprint density at radius 3 is 2.42 bits per heavy atom. The molecule has 1 aliphatic carbocycles. The van der Waals surface area contributed by atoms with Crippen LogP contribution in [-0.4, -0.2) is 50.1 Å². The molecule has 0 atom stereocenters. The molecule has 5 heteroatoms. The normalized spacial score (nSPS) is 20.5. The van der Waals surface area contributed by atoms with E-state index in [0.717, 1.165) is 25.4 Å². The molecule has 0 bridgehead atoms. The third kappa shape index (κ3) is 7.38. The Labute approximate surface area is 162 Å². The maximum Gasteiger partial charge on any atom is 0.414 e. The molecule has 4 nitrogen and oxygen atoms in total. The number of ether oxygens (including phenoxy) is 1. The molecule has 26 heavy (non-hydrogen) atoms. The summed E-state index contributed by atoms with van der Waals surface area (Å²) in [6, 6.07) is 6.85.